The minimum atomic E-state index is -0.349. The van der Waals surface area contributed by atoms with Crippen LogP contribution < -0.4 is 21.1 Å². The summed E-state index contributed by atoms with van der Waals surface area (Å²) in [6, 6.07) is 10.1. The Morgan fingerprint density at radius 2 is 1.97 bits per heavy atom. The van der Waals surface area contributed by atoms with Crippen molar-refractivity contribution in [3.05, 3.63) is 48.4 Å². The Kier molecular flexibility index (Phi) is 9.02. The van der Waals surface area contributed by atoms with Gasteiger partial charge in [-0.1, -0.05) is 25.3 Å². The van der Waals surface area contributed by atoms with Gasteiger partial charge in [-0.05, 0) is 43.0 Å². The van der Waals surface area contributed by atoms with Crippen molar-refractivity contribution in [2.75, 3.05) is 18.5 Å². The van der Waals surface area contributed by atoms with Crippen LogP contribution in [-0.4, -0.2) is 31.0 Å². The van der Waals surface area contributed by atoms with Gasteiger partial charge in [-0.15, -0.1) is 12.4 Å². The smallest absolute Gasteiger partial charge is 0.291 e. The van der Waals surface area contributed by atoms with E-state index in [1.165, 1.54) is 25.5 Å². The van der Waals surface area contributed by atoms with E-state index in [9.17, 15) is 9.59 Å². The Balaban J connectivity index is 0.00000300. The maximum atomic E-state index is 12.3. The molecule has 1 aromatic heterocycles. The number of nitrogens with one attached hydrogen (secondary N) is 2. The first-order valence-electron chi connectivity index (χ1n) is 9.73. The number of furan rings is 1. The number of hydrogen-bond acceptors (Lipinski definition) is 5. The summed E-state index contributed by atoms with van der Waals surface area (Å²) in [5.74, 6) is 0.627. The van der Waals surface area contributed by atoms with Crippen LogP contribution >= 0.6 is 12.4 Å². The number of hydrogen-bond donors (Lipinski definition) is 3. The van der Waals surface area contributed by atoms with E-state index >= 15 is 0 Å². The molecule has 2 amide bonds. The van der Waals surface area contributed by atoms with Gasteiger partial charge in [-0.25, -0.2) is 0 Å². The van der Waals surface area contributed by atoms with Gasteiger partial charge in [-0.2, -0.15) is 0 Å². The summed E-state index contributed by atoms with van der Waals surface area (Å²) in [4.78, 5) is 24.3. The van der Waals surface area contributed by atoms with Crippen molar-refractivity contribution in [1.82, 2.24) is 5.32 Å². The maximum absolute atomic E-state index is 12.3. The summed E-state index contributed by atoms with van der Waals surface area (Å²) < 4.78 is 10.7. The quantitative estimate of drug-likeness (QED) is 0.605. The average molecular weight is 422 g/mol. The molecule has 1 heterocycles. The summed E-state index contributed by atoms with van der Waals surface area (Å²) >= 11 is 0. The van der Waals surface area contributed by atoms with Gasteiger partial charge in [-0.3, -0.25) is 9.59 Å². The second-order valence-electron chi connectivity index (χ2n) is 7.06. The summed E-state index contributed by atoms with van der Waals surface area (Å²) in [5, 5.41) is 5.73. The van der Waals surface area contributed by atoms with E-state index in [0.29, 0.717) is 23.9 Å². The van der Waals surface area contributed by atoms with Gasteiger partial charge in [0.2, 0.25) is 0 Å². The van der Waals surface area contributed by atoms with Crippen molar-refractivity contribution >= 4 is 29.9 Å². The molecular formula is C21H28ClN3O4. The first kappa shape index (κ1) is 22.8. The van der Waals surface area contributed by atoms with Crippen LogP contribution in [0.5, 0.6) is 5.75 Å². The lowest BCUT2D eigenvalue weighted by Gasteiger charge is -2.30. The third-order valence-electron chi connectivity index (χ3n) is 5.03. The number of carbonyl (C=O) groups excluding carboxylic acids is 2. The van der Waals surface area contributed by atoms with Crippen LogP contribution in [0.1, 0.15) is 42.7 Å². The molecule has 1 aliphatic rings. The Labute approximate surface area is 176 Å². The summed E-state index contributed by atoms with van der Waals surface area (Å²) in [6.45, 7) is 0.337. The van der Waals surface area contributed by atoms with E-state index in [4.69, 9.17) is 14.9 Å². The molecule has 1 atom stereocenters. The van der Waals surface area contributed by atoms with E-state index < -0.39 is 0 Å². The molecule has 0 spiro atoms. The number of rotatable bonds is 8. The lowest BCUT2D eigenvalue weighted by molar-refractivity contribution is -0.124. The van der Waals surface area contributed by atoms with Crippen LogP contribution in [0.15, 0.2) is 47.1 Å². The first-order valence-corrected chi connectivity index (χ1v) is 9.73. The fraction of sp³-hybridized carbons (Fsp3) is 0.429. The molecule has 0 bridgehead atoms. The molecule has 0 aliphatic heterocycles. The first-order chi connectivity index (χ1) is 13.7. The molecule has 0 radical (unpaired) electrons. The van der Waals surface area contributed by atoms with E-state index in [1.807, 2.05) is 0 Å². The van der Waals surface area contributed by atoms with Crippen LogP contribution in [0.3, 0.4) is 0 Å². The van der Waals surface area contributed by atoms with Crippen LogP contribution in [0.25, 0.3) is 0 Å². The summed E-state index contributed by atoms with van der Waals surface area (Å²) in [5.41, 5.74) is 6.42. The molecule has 8 heteroatoms. The van der Waals surface area contributed by atoms with Crippen LogP contribution in [0, 0.1) is 5.92 Å². The van der Waals surface area contributed by atoms with Crippen molar-refractivity contribution in [3.63, 3.8) is 0 Å². The zero-order chi connectivity index (χ0) is 19.8. The third kappa shape index (κ3) is 6.80. The predicted octanol–water partition coefficient (Wildman–Crippen LogP) is 3.36. The molecule has 4 N–H and O–H groups in total. The lowest BCUT2D eigenvalue weighted by Crippen LogP contribution is -2.47. The van der Waals surface area contributed by atoms with Gasteiger partial charge in [0.25, 0.3) is 11.8 Å². The minimum Gasteiger partial charge on any atom is -0.484 e. The maximum Gasteiger partial charge on any atom is 0.291 e. The molecule has 1 fully saturated rings. The topological polar surface area (TPSA) is 107 Å². The molecule has 1 aromatic carbocycles. The normalized spacial score (nSPS) is 15.1. The number of halogens is 1. The standard InChI is InChI=1S/C21H27N3O4.ClH/c22-13-18(15-6-2-1-3-7-15)24-20(25)14-28-17-9-4-8-16(12-17)23-21(26)19-10-5-11-27-19;/h4-5,8-12,15,18H,1-3,6-7,13-14,22H2,(H,23,26)(H,24,25);1H. The van der Waals surface area contributed by atoms with Gasteiger partial charge in [0.05, 0.1) is 6.26 Å². The Bertz CT molecular complexity index is 776. The lowest BCUT2D eigenvalue weighted by atomic mass is 9.84. The molecule has 158 valence electrons. The second-order valence-corrected chi connectivity index (χ2v) is 7.06. The van der Waals surface area contributed by atoms with Crippen molar-refractivity contribution in [2.45, 2.75) is 38.1 Å². The van der Waals surface area contributed by atoms with E-state index in [-0.39, 0.29) is 42.6 Å². The SMILES string of the molecule is Cl.NCC(NC(=O)COc1cccc(NC(=O)c2ccco2)c1)C1CCCCC1. The minimum absolute atomic E-state index is 0. The Morgan fingerprint density at radius 1 is 1.17 bits per heavy atom. The zero-order valence-corrected chi connectivity index (χ0v) is 17.1. The van der Waals surface area contributed by atoms with Gasteiger partial charge < -0.3 is 25.5 Å². The molecule has 1 saturated carbocycles. The average Bonchev–Trinajstić information content (AvgIpc) is 3.26. The van der Waals surface area contributed by atoms with Crippen LogP contribution in [0.2, 0.25) is 0 Å². The fourth-order valence-corrected chi connectivity index (χ4v) is 3.57. The van der Waals surface area contributed by atoms with E-state index in [1.54, 1.807) is 36.4 Å². The van der Waals surface area contributed by atoms with Gasteiger partial charge in [0, 0.05) is 24.3 Å². The van der Waals surface area contributed by atoms with E-state index in [0.717, 1.165) is 12.8 Å². The monoisotopic (exact) mass is 421 g/mol. The highest BCUT2D eigenvalue weighted by atomic mass is 35.5. The molecule has 0 saturated heterocycles. The number of nitrogens with two attached hydrogens (primary N) is 1. The highest BCUT2D eigenvalue weighted by Crippen LogP contribution is 2.26. The molecule has 1 aliphatic carbocycles. The molecule has 29 heavy (non-hydrogen) atoms. The van der Waals surface area contributed by atoms with Crippen LogP contribution in [0.4, 0.5) is 5.69 Å². The fourth-order valence-electron chi connectivity index (χ4n) is 3.57. The third-order valence-corrected chi connectivity index (χ3v) is 5.03. The van der Waals surface area contributed by atoms with Gasteiger partial charge in [0.1, 0.15) is 5.75 Å². The number of ether oxygens (including phenoxy) is 1. The summed E-state index contributed by atoms with van der Waals surface area (Å²) in [7, 11) is 0. The number of benzene rings is 1. The summed E-state index contributed by atoms with van der Waals surface area (Å²) in [6.07, 6.45) is 7.32. The molecule has 7 nitrogen and oxygen atoms in total. The highest BCUT2D eigenvalue weighted by molar-refractivity contribution is 6.02. The number of carbonyl (C=O) groups is 2. The Morgan fingerprint density at radius 3 is 2.66 bits per heavy atom. The predicted molar refractivity (Wildman–Crippen MR) is 113 cm³/mol. The highest BCUT2D eigenvalue weighted by Gasteiger charge is 2.24. The largest absolute Gasteiger partial charge is 0.484 e. The van der Waals surface area contributed by atoms with Crippen LogP contribution in [-0.2, 0) is 4.79 Å². The van der Waals surface area contributed by atoms with Crippen molar-refractivity contribution in [2.24, 2.45) is 11.7 Å². The van der Waals surface area contributed by atoms with Gasteiger partial charge >= 0.3 is 0 Å². The number of amides is 2. The molecule has 3 rings (SSSR count). The van der Waals surface area contributed by atoms with Gasteiger partial charge in [0.15, 0.2) is 12.4 Å². The Hall–Kier alpha value is -2.51. The molecule has 1 unspecified atom stereocenters. The van der Waals surface area contributed by atoms with E-state index in [2.05, 4.69) is 10.6 Å². The van der Waals surface area contributed by atoms with Crippen molar-refractivity contribution in [1.29, 1.82) is 0 Å². The molecular weight excluding hydrogens is 394 g/mol. The second kappa shape index (κ2) is 11.5. The zero-order valence-electron chi connectivity index (χ0n) is 16.3. The molecule has 2 aromatic rings. The van der Waals surface area contributed by atoms with Crippen molar-refractivity contribution in [3.8, 4) is 5.75 Å². The van der Waals surface area contributed by atoms with Crippen molar-refractivity contribution < 1.29 is 18.7 Å². The number of anilines is 1.